The molecule has 122 valence electrons. The number of carboxylic acid groups (broad SMARTS) is 1. The molecule has 0 bridgehead atoms. The van der Waals surface area contributed by atoms with Crippen LogP contribution in [0.5, 0.6) is 0 Å². The minimum Gasteiger partial charge on any atom is -0.465 e. The summed E-state index contributed by atoms with van der Waals surface area (Å²) in [6.07, 6.45) is -0.0792. The number of hydrogen-bond donors (Lipinski definition) is 2. The van der Waals surface area contributed by atoms with E-state index in [1.54, 1.807) is 7.05 Å². The Hall–Kier alpha value is -2.20. The monoisotopic (exact) mass is 314 g/mol. The average molecular weight is 314 g/mol. The molecule has 1 aromatic heterocycles. The van der Waals surface area contributed by atoms with Gasteiger partial charge in [-0.2, -0.15) is 5.10 Å². The van der Waals surface area contributed by atoms with E-state index < -0.39 is 29.3 Å². The summed E-state index contributed by atoms with van der Waals surface area (Å²) < 4.78 is 12.4. The van der Waals surface area contributed by atoms with Crippen LogP contribution in [0.15, 0.2) is 6.20 Å². The molecule has 1 aliphatic rings. The summed E-state index contributed by atoms with van der Waals surface area (Å²) >= 11 is 0. The molecule has 2 unspecified atom stereocenters. The minimum atomic E-state index is -1.14. The molecule has 0 aromatic carbocycles. The molecule has 1 aliphatic heterocycles. The second-order valence-electron chi connectivity index (χ2n) is 5.03. The van der Waals surface area contributed by atoms with E-state index in [4.69, 9.17) is 14.6 Å². The van der Waals surface area contributed by atoms with Crippen LogP contribution < -0.4 is 5.32 Å². The van der Waals surface area contributed by atoms with E-state index in [9.17, 15) is 14.9 Å². The van der Waals surface area contributed by atoms with Gasteiger partial charge in [0.05, 0.1) is 17.6 Å². The third-order valence-corrected chi connectivity index (χ3v) is 3.73. The van der Waals surface area contributed by atoms with Crippen molar-refractivity contribution in [1.29, 1.82) is 0 Å². The maximum Gasteiger partial charge on any atom is 0.404 e. The number of nitrogens with one attached hydrogen (secondary N) is 1. The molecule has 0 spiro atoms. The number of methoxy groups -OCH3 is 1. The van der Waals surface area contributed by atoms with Crippen LogP contribution in [0.1, 0.15) is 24.6 Å². The van der Waals surface area contributed by atoms with Gasteiger partial charge in [-0.15, -0.1) is 0 Å². The van der Waals surface area contributed by atoms with Gasteiger partial charge in [0.1, 0.15) is 24.1 Å². The summed E-state index contributed by atoms with van der Waals surface area (Å²) in [5, 5.41) is 26.2. The maximum atomic E-state index is 11.1. The van der Waals surface area contributed by atoms with Crippen molar-refractivity contribution in [3.05, 3.63) is 22.0 Å². The zero-order valence-corrected chi connectivity index (χ0v) is 12.3. The van der Waals surface area contributed by atoms with Gasteiger partial charge < -0.3 is 19.9 Å². The van der Waals surface area contributed by atoms with Crippen molar-refractivity contribution >= 4 is 11.8 Å². The summed E-state index contributed by atoms with van der Waals surface area (Å²) in [4.78, 5) is 21.4. The first kappa shape index (κ1) is 16.2. The Morgan fingerprint density at radius 3 is 2.95 bits per heavy atom. The van der Waals surface area contributed by atoms with E-state index in [1.165, 1.54) is 18.0 Å². The van der Waals surface area contributed by atoms with Crippen molar-refractivity contribution in [2.75, 3.05) is 13.7 Å². The number of nitro groups is 1. The highest BCUT2D eigenvalue weighted by atomic mass is 16.6. The maximum absolute atomic E-state index is 11.1. The first-order chi connectivity index (χ1) is 10.4. The second-order valence-corrected chi connectivity index (χ2v) is 5.03. The Labute approximate surface area is 126 Å². The Kier molecular flexibility index (Phi) is 4.93. The Bertz CT molecular complexity index is 560. The lowest BCUT2D eigenvalue weighted by molar-refractivity contribution is -0.386. The summed E-state index contributed by atoms with van der Waals surface area (Å²) in [6, 6.07) is -0.431. The molecule has 1 aromatic rings. The fourth-order valence-electron chi connectivity index (χ4n) is 2.65. The van der Waals surface area contributed by atoms with Gasteiger partial charge >= 0.3 is 11.8 Å². The lowest BCUT2D eigenvalue weighted by Gasteiger charge is -2.22. The molecule has 2 rings (SSSR count). The molecule has 22 heavy (non-hydrogen) atoms. The van der Waals surface area contributed by atoms with E-state index in [-0.39, 0.29) is 12.3 Å². The first-order valence-corrected chi connectivity index (χ1v) is 6.74. The van der Waals surface area contributed by atoms with Gasteiger partial charge in [-0.05, 0) is 12.8 Å². The zero-order chi connectivity index (χ0) is 16.3. The predicted molar refractivity (Wildman–Crippen MR) is 73.5 cm³/mol. The van der Waals surface area contributed by atoms with Gasteiger partial charge in [-0.3, -0.25) is 14.8 Å². The van der Waals surface area contributed by atoms with Gasteiger partial charge in [0.25, 0.3) is 0 Å². The summed E-state index contributed by atoms with van der Waals surface area (Å²) in [5.74, 6) is 0. The van der Waals surface area contributed by atoms with Crippen LogP contribution in [-0.2, 0) is 16.5 Å². The smallest absolute Gasteiger partial charge is 0.404 e. The largest absolute Gasteiger partial charge is 0.465 e. The highest BCUT2D eigenvalue weighted by molar-refractivity contribution is 5.64. The number of ether oxygens (including phenoxy) is 2. The Morgan fingerprint density at radius 2 is 2.36 bits per heavy atom. The molecule has 1 saturated heterocycles. The van der Waals surface area contributed by atoms with Crippen LogP contribution in [0.4, 0.5) is 10.5 Å². The number of rotatable bonds is 4. The average Bonchev–Trinajstić information content (AvgIpc) is 2.72. The summed E-state index contributed by atoms with van der Waals surface area (Å²) in [7, 11) is 3.08. The molecular formula is C12H18N4O6. The fourth-order valence-corrected chi connectivity index (χ4v) is 2.65. The van der Waals surface area contributed by atoms with Crippen LogP contribution in [0.2, 0.25) is 0 Å². The van der Waals surface area contributed by atoms with Crippen molar-refractivity contribution in [2.24, 2.45) is 7.05 Å². The molecule has 2 heterocycles. The molecule has 3 atom stereocenters. The lowest BCUT2D eigenvalue weighted by Crippen LogP contribution is -2.44. The molecule has 2 N–H and O–H groups in total. The van der Waals surface area contributed by atoms with Crippen molar-refractivity contribution < 1.29 is 24.3 Å². The minimum absolute atomic E-state index is 0.105. The topological polar surface area (TPSA) is 129 Å². The highest BCUT2D eigenvalue weighted by Gasteiger charge is 2.34. The van der Waals surface area contributed by atoms with Gasteiger partial charge in [0.15, 0.2) is 0 Å². The number of nitrogens with zero attached hydrogens (tertiary/aromatic N) is 3. The predicted octanol–water partition coefficient (Wildman–Crippen LogP) is 0.831. The third-order valence-electron chi connectivity index (χ3n) is 3.73. The van der Waals surface area contributed by atoms with E-state index in [0.717, 1.165) is 0 Å². The molecular weight excluding hydrogens is 296 g/mol. The van der Waals surface area contributed by atoms with Crippen molar-refractivity contribution in [2.45, 2.75) is 31.1 Å². The van der Waals surface area contributed by atoms with Crippen LogP contribution in [0.3, 0.4) is 0 Å². The lowest BCUT2D eigenvalue weighted by atomic mass is 10.0. The fraction of sp³-hybridized carbons (Fsp3) is 0.667. The van der Waals surface area contributed by atoms with Gasteiger partial charge in [0, 0.05) is 14.2 Å². The van der Waals surface area contributed by atoms with Crippen LogP contribution >= 0.6 is 0 Å². The normalized spacial score (nSPS) is 25.5. The van der Waals surface area contributed by atoms with Crippen molar-refractivity contribution in [3.63, 3.8) is 0 Å². The molecule has 10 nitrogen and oxygen atoms in total. The number of aromatic nitrogens is 2. The standard InChI is InChI=1S/C12H18N4O6/c1-15-11(8(5-13-15)16(19)20)9-4-3-7(14-12(17)18)10(21-2)6-22-9/h5,7,9-10,14H,3-4,6H2,1-2H3,(H,17,18)/t7?,9?,10-/m0/s1. The van der Waals surface area contributed by atoms with Gasteiger partial charge in [0.2, 0.25) is 0 Å². The van der Waals surface area contributed by atoms with E-state index in [1.807, 2.05) is 0 Å². The first-order valence-electron chi connectivity index (χ1n) is 6.74. The van der Waals surface area contributed by atoms with Crippen LogP contribution in [-0.4, -0.2) is 51.8 Å². The van der Waals surface area contributed by atoms with Crippen LogP contribution in [0, 0.1) is 10.1 Å². The molecule has 0 radical (unpaired) electrons. The summed E-state index contributed by atoms with van der Waals surface area (Å²) in [5.41, 5.74) is 0.266. The van der Waals surface area contributed by atoms with Gasteiger partial charge in [-0.25, -0.2) is 4.79 Å². The Balaban J connectivity index is 2.20. The molecule has 10 heteroatoms. The molecule has 1 fully saturated rings. The number of aryl methyl sites for hydroxylation is 1. The van der Waals surface area contributed by atoms with Crippen LogP contribution in [0.25, 0.3) is 0 Å². The quantitative estimate of drug-likeness (QED) is 0.622. The number of amides is 1. The van der Waals surface area contributed by atoms with E-state index in [2.05, 4.69) is 10.4 Å². The van der Waals surface area contributed by atoms with E-state index >= 15 is 0 Å². The highest BCUT2D eigenvalue weighted by Crippen LogP contribution is 2.33. The third kappa shape index (κ3) is 3.34. The van der Waals surface area contributed by atoms with E-state index in [0.29, 0.717) is 18.5 Å². The summed E-state index contributed by atoms with van der Waals surface area (Å²) in [6.45, 7) is 0.133. The van der Waals surface area contributed by atoms with Crippen molar-refractivity contribution in [1.82, 2.24) is 15.1 Å². The zero-order valence-electron chi connectivity index (χ0n) is 12.3. The Morgan fingerprint density at radius 1 is 1.64 bits per heavy atom. The number of hydrogen-bond acceptors (Lipinski definition) is 6. The van der Waals surface area contributed by atoms with Gasteiger partial charge in [-0.1, -0.05) is 0 Å². The molecule has 0 saturated carbocycles. The second kappa shape index (κ2) is 6.71. The molecule has 1 amide bonds. The molecule has 0 aliphatic carbocycles. The van der Waals surface area contributed by atoms with Crippen molar-refractivity contribution in [3.8, 4) is 0 Å². The SMILES string of the molecule is CO[C@H]1COC(c2c([N+](=O)[O-])cnn2C)CCC1NC(=O)O. The number of carbonyl (C=O) groups is 1.